The van der Waals surface area contributed by atoms with Crippen LogP contribution in [0, 0.1) is 41.5 Å². The molecule has 17 heteroatoms. The van der Waals surface area contributed by atoms with Crippen molar-refractivity contribution in [3.63, 3.8) is 0 Å². The molecule has 9 N–H and O–H groups in total. The molecule has 0 aromatic heterocycles. The Hall–Kier alpha value is -4.65. The topological polar surface area (TPSA) is 253 Å². The number of anilines is 2. The Labute approximate surface area is 315 Å². The van der Waals surface area contributed by atoms with E-state index in [0.29, 0.717) is 22.4 Å². The maximum Gasteiger partial charge on any atom is 0.255 e. The predicted octanol–water partition coefficient (Wildman–Crippen LogP) is -0.777. The van der Waals surface area contributed by atoms with Crippen molar-refractivity contribution in [3.05, 3.63) is 55.6 Å². The summed E-state index contributed by atoms with van der Waals surface area (Å²) >= 11 is 0. The fourth-order valence-corrected chi connectivity index (χ4v) is 6.61. The summed E-state index contributed by atoms with van der Waals surface area (Å²) in [6, 6.07) is 0. The van der Waals surface area contributed by atoms with Crippen LogP contribution in [0.25, 0.3) is 0 Å². The average Bonchev–Trinajstić information content (AvgIpc) is 3.12. The summed E-state index contributed by atoms with van der Waals surface area (Å²) in [5.74, 6) is -3.11. The molecule has 3 unspecified atom stereocenters. The maximum absolute atomic E-state index is 14.0. The van der Waals surface area contributed by atoms with Crippen LogP contribution in [0.4, 0.5) is 11.4 Å². The Morgan fingerprint density at radius 1 is 0.574 bits per heavy atom. The molecule has 0 aliphatic rings. The highest BCUT2D eigenvalue weighted by atomic mass is 16.3. The number of carbonyl (C=O) groups is 5. The van der Waals surface area contributed by atoms with E-state index < -0.39 is 67.7 Å². The minimum Gasteiger partial charge on any atom is -0.394 e. The molecule has 5 amide bonds. The highest BCUT2D eigenvalue weighted by molar-refractivity contribution is 6.08. The molecule has 2 aromatic carbocycles. The van der Waals surface area contributed by atoms with Gasteiger partial charge in [-0.15, -0.1) is 0 Å². The highest BCUT2D eigenvalue weighted by Gasteiger charge is 2.31. The average molecular weight is 761 g/mol. The molecule has 54 heavy (non-hydrogen) atoms. The molecule has 0 saturated carbocycles. The molecule has 300 valence electrons. The van der Waals surface area contributed by atoms with Crippen LogP contribution in [0.1, 0.15) is 74.8 Å². The quantitative estimate of drug-likeness (QED) is 0.0964. The number of hydrogen-bond acceptors (Lipinski definition) is 12. The van der Waals surface area contributed by atoms with Crippen molar-refractivity contribution in [3.8, 4) is 0 Å². The molecular formula is C37H56N6O11. The summed E-state index contributed by atoms with van der Waals surface area (Å²) in [5.41, 5.74) is 3.64. The first-order valence-electron chi connectivity index (χ1n) is 17.4. The van der Waals surface area contributed by atoms with Crippen molar-refractivity contribution >= 4 is 40.9 Å². The molecule has 0 saturated heterocycles. The normalized spacial score (nSPS) is 12.7. The van der Waals surface area contributed by atoms with Gasteiger partial charge in [0, 0.05) is 88.0 Å². The van der Waals surface area contributed by atoms with Crippen molar-refractivity contribution in [2.45, 2.75) is 59.9 Å². The standard InChI is InChI=1S/C37H56N6O11/c1-18-27(20(3)32(40-33(50)26(49)17-46)23(6)28(18)36(53)42(9)13-24(47)15-44)34(51)39-11-12-41(8)35(52)29-19(2)30(22(5)31(38-7)21(29)4)37(54)43(10)14-25(48)16-45/h24-26,38,44-49H,11-17H2,1-10H3,(H,39,51)(H,40,50). The summed E-state index contributed by atoms with van der Waals surface area (Å²) in [5, 5.41) is 66.0. The van der Waals surface area contributed by atoms with Crippen LogP contribution >= 0.6 is 0 Å². The van der Waals surface area contributed by atoms with Gasteiger partial charge >= 0.3 is 0 Å². The van der Waals surface area contributed by atoms with Gasteiger partial charge in [-0.05, 0) is 74.9 Å². The SMILES string of the molecule is CNc1c(C)c(C(=O)N(C)CCNC(=O)c2c(C)c(NC(=O)C(O)CO)c(C)c(C(=O)N(C)CC(O)CO)c2C)c(C)c(C(=O)N(C)CC(O)CO)c1C. The number of rotatable bonds is 17. The minimum absolute atomic E-state index is 0.0158. The molecule has 0 aliphatic heterocycles. The second kappa shape index (κ2) is 19.6. The van der Waals surface area contributed by atoms with E-state index in [1.165, 1.54) is 37.9 Å². The van der Waals surface area contributed by atoms with Gasteiger partial charge in [-0.1, -0.05) is 0 Å². The fraction of sp³-hybridized carbons (Fsp3) is 0.541. The fourth-order valence-electron chi connectivity index (χ4n) is 6.61. The van der Waals surface area contributed by atoms with Crippen LogP contribution in [0.5, 0.6) is 0 Å². The Balaban J connectivity index is 2.50. The lowest BCUT2D eigenvalue weighted by molar-refractivity contribution is -0.125. The third-order valence-electron chi connectivity index (χ3n) is 9.51. The molecular weight excluding hydrogens is 704 g/mol. The molecule has 0 spiro atoms. The zero-order valence-electron chi connectivity index (χ0n) is 32.7. The van der Waals surface area contributed by atoms with Crippen molar-refractivity contribution in [1.29, 1.82) is 0 Å². The monoisotopic (exact) mass is 760 g/mol. The van der Waals surface area contributed by atoms with E-state index in [4.69, 9.17) is 0 Å². The first kappa shape index (κ1) is 45.5. The Morgan fingerprint density at radius 3 is 1.37 bits per heavy atom. The molecule has 0 aliphatic carbocycles. The van der Waals surface area contributed by atoms with E-state index in [-0.39, 0.29) is 70.8 Å². The largest absolute Gasteiger partial charge is 0.394 e. The summed E-state index contributed by atoms with van der Waals surface area (Å²) in [7, 11) is 6.09. The molecule has 0 radical (unpaired) electrons. The lowest BCUT2D eigenvalue weighted by Crippen LogP contribution is -2.39. The molecule has 17 nitrogen and oxygen atoms in total. The molecule has 0 fully saturated rings. The second-order valence-corrected chi connectivity index (χ2v) is 13.5. The van der Waals surface area contributed by atoms with Crippen LogP contribution in [-0.4, -0.2) is 167 Å². The van der Waals surface area contributed by atoms with Crippen LogP contribution in [0.3, 0.4) is 0 Å². The summed E-state index contributed by atoms with van der Waals surface area (Å²) < 4.78 is 0. The number of amides is 5. The van der Waals surface area contributed by atoms with Gasteiger partial charge in [-0.2, -0.15) is 0 Å². The lowest BCUT2D eigenvalue weighted by Gasteiger charge is -2.27. The predicted molar refractivity (Wildman–Crippen MR) is 202 cm³/mol. The Kier molecular flexibility index (Phi) is 16.5. The number of aliphatic hydroxyl groups excluding tert-OH is 6. The van der Waals surface area contributed by atoms with Crippen LogP contribution in [0.2, 0.25) is 0 Å². The van der Waals surface area contributed by atoms with E-state index in [0.717, 1.165) is 4.90 Å². The Morgan fingerprint density at radius 2 is 0.963 bits per heavy atom. The molecule has 0 bridgehead atoms. The maximum atomic E-state index is 14.0. The number of nitrogens with zero attached hydrogens (tertiary/aromatic N) is 3. The van der Waals surface area contributed by atoms with Gasteiger partial charge < -0.3 is 61.3 Å². The van der Waals surface area contributed by atoms with Gasteiger partial charge in [0.15, 0.2) is 6.10 Å². The van der Waals surface area contributed by atoms with Gasteiger partial charge in [0.25, 0.3) is 29.5 Å². The van der Waals surface area contributed by atoms with Crippen LogP contribution in [-0.2, 0) is 4.79 Å². The van der Waals surface area contributed by atoms with Crippen molar-refractivity contribution in [1.82, 2.24) is 20.0 Å². The number of likely N-dealkylation sites (N-methyl/N-ethyl adjacent to an activating group) is 3. The number of nitrogens with one attached hydrogen (secondary N) is 3. The van der Waals surface area contributed by atoms with E-state index >= 15 is 0 Å². The van der Waals surface area contributed by atoms with Gasteiger partial charge in [0.1, 0.15) is 0 Å². The van der Waals surface area contributed by atoms with E-state index in [9.17, 15) is 54.6 Å². The van der Waals surface area contributed by atoms with Crippen molar-refractivity contribution in [2.24, 2.45) is 0 Å². The smallest absolute Gasteiger partial charge is 0.255 e. The second-order valence-electron chi connectivity index (χ2n) is 13.5. The van der Waals surface area contributed by atoms with Gasteiger partial charge in [-0.3, -0.25) is 24.0 Å². The summed E-state index contributed by atoms with van der Waals surface area (Å²) in [6.45, 7) is 7.39. The van der Waals surface area contributed by atoms with Gasteiger partial charge in [0.05, 0.1) is 32.0 Å². The minimum atomic E-state index is -1.78. The summed E-state index contributed by atoms with van der Waals surface area (Å²) in [6.07, 6.45) is -4.16. The van der Waals surface area contributed by atoms with Crippen LogP contribution in [0.15, 0.2) is 0 Å². The van der Waals surface area contributed by atoms with Crippen molar-refractivity contribution in [2.75, 3.05) is 84.8 Å². The van der Waals surface area contributed by atoms with Gasteiger partial charge in [-0.25, -0.2) is 0 Å². The van der Waals surface area contributed by atoms with Gasteiger partial charge in [0.2, 0.25) is 0 Å². The third-order valence-corrected chi connectivity index (χ3v) is 9.51. The molecule has 2 rings (SSSR count). The third kappa shape index (κ3) is 9.90. The van der Waals surface area contributed by atoms with E-state index in [2.05, 4.69) is 16.0 Å². The zero-order chi connectivity index (χ0) is 41.4. The van der Waals surface area contributed by atoms with E-state index in [1.807, 2.05) is 0 Å². The number of aliphatic hydroxyl groups is 6. The van der Waals surface area contributed by atoms with Crippen molar-refractivity contribution < 1.29 is 54.6 Å². The number of carbonyl (C=O) groups excluding carboxylic acids is 5. The number of benzene rings is 2. The zero-order valence-corrected chi connectivity index (χ0v) is 32.7. The highest BCUT2D eigenvalue weighted by Crippen LogP contribution is 2.34. The first-order chi connectivity index (χ1) is 25.2. The number of hydrogen-bond donors (Lipinski definition) is 9. The van der Waals surface area contributed by atoms with E-state index in [1.54, 1.807) is 41.7 Å². The molecule has 2 aromatic rings. The van der Waals surface area contributed by atoms with Crippen LogP contribution < -0.4 is 16.0 Å². The summed E-state index contributed by atoms with van der Waals surface area (Å²) in [4.78, 5) is 71.5. The Bertz CT molecular complexity index is 1750. The first-order valence-corrected chi connectivity index (χ1v) is 17.4. The lowest BCUT2D eigenvalue weighted by atomic mass is 9.89. The molecule has 3 atom stereocenters. The molecule has 0 heterocycles.